The van der Waals surface area contributed by atoms with Crippen molar-refractivity contribution in [2.24, 2.45) is 4.99 Å². The van der Waals surface area contributed by atoms with Crippen molar-refractivity contribution < 1.29 is 0 Å². The Morgan fingerprint density at radius 3 is 2.92 bits per heavy atom. The average molecular weight is 198 g/mol. The van der Waals surface area contributed by atoms with Gasteiger partial charge in [-0.05, 0) is 13.8 Å². The number of nitrogens with zero attached hydrogens (tertiary/aromatic N) is 2. The van der Waals surface area contributed by atoms with Gasteiger partial charge >= 0.3 is 0 Å². The second-order valence-corrected chi connectivity index (χ2v) is 4.92. The van der Waals surface area contributed by atoms with E-state index in [1.165, 1.54) is 0 Å². The van der Waals surface area contributed by atoms with Gasteiger partial charge < -0.3 is 0 Å². The summed E-state index contributed by atoms with van der Waals surface area (Å²) < 4.78 is 0. The Labute approximate surface area is 80.1 Å². The predicted molar refractivity (Wildman–Crippen MR) is 55.3 cm³/mol. The highest BCUT2D eigenvalue weighted by Gasteiger charge is 2.16. The quantitative estimate of drug-likeness (QED) is 0.692. The summed E-state index contributed by atoms with van der Waals surface area (Å²) in [5.74, 6) is 1.10. The lowest BCUT2D eigenvalue weighted by molar-refractivity contribution is 0.865. The number of aryl methyl sites for hydroxylation is 1. The van der Waals surface area contributed by atoms with Crippen molar-refractivity contribution in [1.29, 1.82) is 0 Å². The van der Waals surface area contributed by atoms with Gasteiger partial charge in [0.05, 0.1) is 11.0 Å². The van der Waals surface area contributed by atoms with Gasteiger partial charge in [0.25, 0.3) is 0 Å². The maximum atomic E-state index is 4.50. The third kappa shape index (κ3) is 1.54. The van der Waals surface area contributed by atoms with Crippen molar-refractivity contribution in [3.8, 4) is 0 Å². The summed E-state index contributed by atoms with van der Waals surface area (Å²) in [4.78, 5) is 8.89. The van der Waals surface area contributed by atoms with Crippen molar-refractivity contribution in [1.82, 2.24) is 4.98 Å². The van der Waals surface area contributed by atoms with Crippen LogP contribution in [0, 0.1) is 6.92 Å². The van der Waals surface area contributed by atoms with Crippen LogP contribution in [0.2, 0.25) is 0 Å². The van der Waals surface area contributed by atoms with Gasteiger partial charge in [0.2, 0.25) is 0 Å². The molecule has 4 heteroatoms. The fourth-order valence-electron chi connectivity index (χ4n) is 1.08. The van der Waals surface area contributed by atoms with Crippen LogP contribution in [0.15, 0.2) is 10.4 Å². The smallest absolute Gasteiger partial charge is 0.117 e. The first-order chi connectivity index (χ1) is 5.75. The molecular formula is C8H10N2S2. The van der Waals surface area contributed by atoms with Gasteiger partial charge in [-0.15, -0.1) is 23.1 Å². The van der Waals surface area contributed by atoms with Gasteiger partial charge in [-0.2, -0.15) is 0 Å². The standard InChI is InChI=1S/C8H10N2S2/c1-5-3-12-8(9-5)7-4-11-6(2)10-7/h4-5H,3H2,1-2H3/t5-/m1/s1. The van der Waals surface area contributed by atoms with Crippen LogP contribution in [0.25, 0.3) is 0 Å². The van der Waals surface area contributed by atoms with E-state index in [2.05, 4.69) is 22.3 Å². The van der Waals surface area contributed by atoms with Crippen molar-refractivity contribution in [2.45, 2.75) is 19.9 Å². The summed E-state index contributed by atoms with van der Waals surface area (Å²) in [5, 5.41) is 4.32. The van der Waals surface area contributed by atoms with E-state index < -0.39 is 0 Å². The molecule has 0 spiro atoms. The van der Waals surface area contributed by atoms with Gasteiger partial charge in [-0.25, -0.2) is 4.98 Å². The summed E-state index contributed by atoms with van der Waals surface area (Å²) in [6.07, 6.45) is 0. The molecule has 2 nitrogen and oxygen atoms in total. The number of thioether (sulfide) groups is 1. The van der Waals surface area contributed by atoms with Gasteiger partial charge in [0, 0.05) is 11.1 Å². The van der Waals surface area contributed by atoms with E-state index in [9.17, 15) is 0 Å². The Hall–Kier alpha value is -0.350. The molecule has 1 aromatic heterocycles. The van der Waals surface area contributed by atoms with Crippen LogP contribution in [0.5, 0.6) is 0 Å². The molecular weight excluding hydrogens is 188 g/mol. The molecule has 0 aliphatic carbocycles. The topological polar surface area (TPSA) is 25.2 Å². The minimum atomic E-state index is 0.465. The van der Waals surface area contributed by atoms with Crippen LogP contribution in [0.1, 0.15) is 17.6 Å². The summed E-state index contributed by atoms with van der Waals surface area (Å²) in [6, 6.07) is 0.465. The minimum absolute atomic E-state index is 0.465. The number of hydrogen-bond donors (Lipinski definition) is 0. The van der Waals surface area contributed by atoms with Crippen molar-refractivity contribution in [3.63, 3.8) is 0 Å². The highest BCUT2D eigenvalue weighted by molar-refractivity contribution is 8.14. The zero-order chi connectivity index (χ0) is 8.55. The van der Waals surface area contributed by atoms with E-state index in [0.29, 0.717) is 6.04 Å². The van der Waals surface area contributed by atoms with Crippen LogP contribution in [-0.4, -0.2) is 21.8 Å². The van der Waals surface area contributed by atoms with Crippen LogP contribution in [0.4, 0.5) is 0 Å². The van der Waals surface area contributed by atoms with Crippen LogP contribution in [0.3, 0.4) is 0 Å². The molecule has 0 aromatic carbocycles. The zero-order valence-corrected chi connectivity index (χ0v) is 8.71. The van der Waals surface area contributed by atoms with Gasteiger partial charge in [-0.3, -0.25) is 4.99 Å². The molecule has 64 valence electrons. The number of hydrogen-bond acceptors (Lipinski definition) is 4. The highest BCUT2D eigenvalue weighted by Crippen LogP contribution is 2.23. The average Bonchev–Trinajstić information content (AvgIpc) is 2.58. The molecule has 2 heterocycles. The molecule has 0 radical (unpaired) electrons. The van der Waals surface area contributed by atoms with E-state index in [-0.39, 0.29) is 0 Å². The van der Waals surface area contributed by atoms with Crippen molar-refractivity contribution in [3.05, 3.63) is 16.1 Å². The fourth-order valence-corrected chi connectivity index (χ4v) is 2.73. The first-order valence-electron chi connectivity index (χ1n) is 3.89. The summed E-state index contributed by atoms with van der Waals surface area (Å²) >= 11 is 3.50. The van der Waals surface area contributed by atoms with Crippen LogP contribution in [-0.2, 0) is 0 Å². The highest BCUT2D eigenvalue weighted by atomic mass is 32.2. The maximum absolute atomic E-state index is 4.50. The van der Waals surface area contributed by atoms with E-state index in [0.717, 1.165) is 21.5 Å². The maximum Gasteiger partial charge on any atom is 0.117 e. The lowest BCUT2D eigenvalue weighted by Gasteiger charge is -1.90. The molecule has 0 bridgehead atoms. The predicted octanol–water partition coefficient (Wildman–Crippen LogP) is 2.33. The monoisotopic (exact) mass is 198 g/mol. The molecule has 0 saturated carbocycles. The number of aromatic nitrogens is 1. The molecule has 0 saturated heterocycles. The molecule has 0 amide bonds. The molecule has 0 unspecified atom stereocenters. The number of aliphatic imine (C=N–C) groups is 1. The Bertz CT molecular complexity index is 317. The fraction of sp³-hybridized carbons (Fsp3) is 0.500. The van der Waals surface area contributed by atoms with Crippen molar-refractivity contribution >= 4 is 28.1 Å². The minimum Gasteiger partial charge on any atom is -0.272 e. The SMILES string of the molecule is Cc1nc(C2=N[C@H](C)CS2)cs1. The number of thiazole rings is 1. The lowest BCUT2D eigenvalue weighted by atomic mass is 10.4. The third-order valence-corrected chi connectivity index (χ3v) is 3.65. The first-order valence-corrected chi connectivity index (χ1v) is 5.75. The van der Waals surface area contributed by atoms with E-state index in [1.54, 1.807) is 11.3 Å². The molecule has 1 atom stereocenters. The molecule has 1 aromatic rings. The Morgan fingerprint density at radius 2 is 2.42 bits per heavy atom. The zero-order valence-electron chi connectivity index (χ0n) is 7.07. The van der Waals surface area contributed by atoms with Gasteiger partial charge in [0.15, 0.2) is 0 Å². The Balaban J connectivity index is 2.26. The molecule has 1 aliphatic heterocycles. The first kappa shape index (κ1) is 8.26. The molecule has 0 fully saturated rings. The van der Waals surface area contributed by atoms with Crippen LogP contribution >= 0.6 is 23.1 Å². The van der Waals surface area contributed by atoms with Crippen molar-refractivity contribution in [2.75, 3.05) is 5.75 Å². The van der Waals surface area contributed by atoms with Crippen LogP contribution < -0.4 is 0 Å². The second kappa shape index (κ2) is 3.18. The summed E-state index contributed by atoms with van der Waals surface area (Å²) in [5.41, 5.74) is 1.06. The Morgan fingerprint density at radius 1 is 1.58 bits per heavy atom. The molecule has 0 N–H and O–H groups in total. The van der Waals surface area contributed by atoms with E-state index in [4.69, 9.17) is 0 Å². The Kier molecular flexibility index (Phi) is 2.19. The molecule has 1 aliphatic rings. The normalized spacial score (nSPS) is 22.8. The van der Waals surface area contributed by atoms with E-state index >= 15 is 0 Å². The third-order valence-electron chi connectivity index (χ3n) is 1.64. The molecule has 12 heavy (non-hydrogen) atoms. The second-order valence-electron chi connectivity index (χ2n) is 2.85. The molecule has 2 rings (SSSR count). The largest absolute Gasteiger partial charge is 0.272 e. The van der Waals surface area contributed by atoms with Gasteiger partial charge in [-0.1, -0.05) is 0 Å². The van der Waals surface area contributed by atoms with Gasteiger partial charge in [0.1, 0.15) is 10.7 Å². The lowest BCUT2D eigenvalue weighted by Crippen LogP contribution is -1.93. The number of rotatable bonds is 1. The summed E-state index contributed by atoms with van der Waals surface area (Å²) in [7, 11) is 0. The summed E-state index contributed by atoms with van der Waals surface area (Å²) in [6.45, 7) is 4.16. The van der Waals surface area contributed by atoms with E-state index in [1.807, 2.05) is 18.7 Å².